The maximum absolute atomic E-state index is 12.0. The third-order valence-electron chi connectivity index (χ3n) is 3.93. The summed E-state index contributed by atoms with van der Waals surface area (Å²) >= 11 is 0. The van der Waals surface area contributed by atoms with E-state index >= 15 is 0 Å². The maximum atomic E-state index is 12.0. The lowest BCUT2D eigenvalue weighted by molar-refractivity contribution is 0.00506. The smallest absolute Gasteiger partial charge is 0.410 e. The highest BCUT2D eigenvalue weighted by atomic mass is 16.6. The zero-order valence-corrected chi connectivity index (χ0v) is 12.0. The van der Waals surface area contributed by atoms with Crippen molar-refractivity contribution in [2.45, 2.75) is 70.1 Å². The molecule has 1 amide bonds. The third kappa shape index (κ3) is 2.97. The van der Waals surface area contributed by atoms with Gasteiger partial charge in [-0.2, -0.15) is 0 Å². The molecule has 1 spiro atoms. The molecular weight excluding hydrogens is 230 g/mol. The van der Waals surface area contributed by atoms with Crippen LogP contribution < -0.4 is 0 Å². The van der Waals surface area contributed by atoms with E-state index in [-0.39, 0.29) is 17.7 Å². The van der Waals surface area contributed by atoms with Gasteiger partial charge in [-0.25, -0.2) is 4.79 Å². The molecule has 0 aromatic rings. The van der Waals surface area contributed by atoms with Crippen LogP contribution >= 0.6 is 0 Å². The minimum absolute atomic E-state index is 0.0565. The number of hydrogen-bond acceptors (Lipinski definition) is 3. The lowest BCUT2D eigenvalue weighted by Crippen LogP contribution is -2.41. The number of hydrogen-bond donors (Lipinski definition) is 0. The first kappa shape index (κ1) is 13.7. The molecule has 1 atom stereocenters. The lowest BCUT2D eigenvalue weighted by atomic mass is 9.96. The molecule has 0 aromatic heterocycles. The van der Waals surface area contributed by atoms with Crippen LogP contribution in [0, 0.1) is 0 Å². The molecule has 0 N–H and O–H groups in total. The SMILES string of the molecule is CN(C(=O)OC(C)(C)C)[C@@H]1COC2(CCCC2)C1. The summed E-state index contributed by atoms with van der Waals surface area (Å²) in [6, 6.07) is 0.165. The van der Waals surface area contributed by atoms with Crippen LogP contribution in [-0.2, 0) is 9.47 Å². The van der Waals surface area contributed by atoms with Gasteiger partial charge < -0.3 is 14.4 Å². The first-order chi connectivity index (χ1) is 8.31. The lowest BCUT2D eigenvalue weighted by Gasteiger charge is -2.28. The average Bonchev–Trinajstić information content (AvgIpc) is 2.86. The van der Waals surface area contributed by atoms with Gasteiger partial charge in [-0.3, -0.25) is 0 Å². The van der Waals surface area contributed by atoms with Gasteiger partial charge in [0.15, 0.2) is 0 Å². The zero-order valence-electron chi connectivity index (χ0n) is 12.0. The van der Waals surface area contributed by atoms with E-state index in [2.05, 4.69) is 0 Å². The van der Waals surface area contributed by atoms with Gasteiger partial charge in [0.05, 0.1) is 18.2 Å². The van der Waals surface area contributed by atoms with Gasteiger partial charge >= 0.3 is 6.09 Å². The second kappa shape index (κ2) is 4.72. The molecule has 104 valence electrons. The fourth-order valence-corrected chi connectivity index (χ4v) is 2.92. The van der Waals surface area contributed by atoms with Gasteiger partial charge in [-0.15, -0.1) is 0 Å². The van der Waals surface area contributed by atoms with Crippen LogP contribution in [0.1, 0.15) is 52.9 Å². The number of carbonyl (C=O) groups excluding carboxylic acids is 1. The van der Waals surface area contributed by atoms with Crippen LogP contribution in [0.4, 0.5) is 4.79 Å². The Morgan fingerprint density at radius 1 is 1.33 bits per heavy atom. The zero-order chi connectivity index (χ0) is 13.4. The van der Waals surface area contributed by atoms with E-state index in [1.54, 1.807) is 4.90 Å². The number of carbonyl (C=O) groups is 1. The molecule has 1 heterocycles. The Hall–Kier alpha value is -0.770. The summed E-state index contributed by atoms with van der Waals surface area (Å²) in [5.41, 5.74) is -0.378. The van der Waals surface area contributed by atoms with E-state index in [9.17, 15) is 4.79 Å². The van der Waals surface area contributed by atoms with Crippen molar-refractivity contribution < 1.29 is 14.3 Å². The normalized spacial score (nSPS) is 26.6. The second-order valence-corrected chi connectivity index (χ2v) is 6.65. The standard InChI is InChI=1S/C14H25NO3/c1-13(2,3)18-12(16)15(4)11-9-14(17-10-11)7-5-6-8-14/h11H,5-10H2,1-4H3/t11-/m0/s1. The first-order valence-electron chi connectivity index (χ1n) is 6.91. The van der Waals surface area contributed by atoms with Crippen LogP contribution in [0.3, 0.4) is 0 Å². The summed E-state index contributed by atoms with van der Waals surface area (Å²) in [6.07, 6.45) is 5.51. The predicted molar refractivity (Wildman–Crippen MR) is 69.6 cm³/mol. The Balaban J connectivity index is 1.90. The van der Waals surface area contributed by atoms with Crippen molar-refractivity contribution >= 4 is 6.09 Å². The largest absolute Gasteiger partial charge is 0.444 e. The molecule has 2 rings (SSSR count). The Kier molecular flexibility index (Phi) is 3.58. The molecule has 1 aliphatic carbocycles. The van der Waals surface area contributed by atoms with Crippen molar-refractivity contribution in [1.82, 2.24) is 4.90 Å². The fourth-order valence-electron chi connectivity index (χ4n) is 2.92. The van der Waals surface area contributed by atoms with Crippen molar-refractivity contribution in [2.24, 2.45) is 0 Å². The van der Waals surface area contributed by atoms with Crippen LogP contribution in [0.5, 0.6) is 0 Å². The summed E-state index contributed by atoms with van der Waals surface area (Å²) in [5, 5.41) is 0. The molecule has 4 heteroatoms. The van der Waals surface area contributed by atoms with E-state index in [1.165, 1.54) is 12.8 Å². The minimum atomic E-state index is -0.435. The van der Waals surface area contributed by atoms with Crippen molar-refractivity contribution in [2.75, 3.05) is 13.7 Å². The van der Waals surface area contributed by atoms with E-state index in [4.69, 9.17) is 9.47 Å². The van der Waals surface area contributed by atoms with Crippen molar-refractivity contribution in [1.29, 1.82) is 0 Å². The van der Waals surface area contributed by atoms with Crippen molar-refractivity contribution in [3.05, 3.63) is 0 Å². The first-order valence-corrected chi connectivity index (χ1v) is 6.91. The fraction of sp³-hybridized carbons (Fsp3) is 0.929. The number of ether oxygens (including phenoxy) is 2. The molecule has 4 nitrogen and oxygen atoms in total. The Morgan fingerprint density at radius 2 is 1.94 bits per heavy atom. The van der Waals surface area contributed by atoms with Gasteiger partial charge in [0, 0.05) is 7.05 Å². The second-order valence-electron chi connectivity index (χ2n) is 6.65. The summed E-state index contributed by atoms with van der Waals surface area (Å²) in [5.74, 6) is 0. The van der Waals surface area contributed by atoms with Gasteiger partial charge in [-0.05, 0) is 40.0 Å². The molecule has 1 saturated heterocycles. The summed E-state index contributed by atoms with van der Waals surface area (Å²) in [7, 11) is 1.82. The van der Waals surface area contributed by atoms with Crippen molar-refractivity contribution in [3.63, 3.8) is 0 Å². The molecule has 0 unspecified atom stereocenters. The number of likely N-dealkylation sites (N-methyl/N-ethyl adjacent to an activating group) is 1. The molecule has 2 fully saturated rings. The molecule has 0 radical (unpaired) electrons. The van der Waals surface area contributed by atoms with E-state index in [0.717, 1.165) is 19.3 Å². The highest BCUT2D eigenvalue weighted by Gasteiger charge is 2.44. The number of amides is 1. The Morgan fingerprint density at radius 3 is 2.50 bits per heavy atom. The van der Waals surface area contributed by atoms with E-state index in [1.807, 2.05) is 27.8 Å². The molecule has 1 saturated carbocycles. The molecule has 0 bridgehead atoms. The van der Waals surface area contributed by atoms with E-state index in [0.29, 0.717) is 6.61 Å². The van der Waals surface area contributed by atoms with Gasteiger partial charge in [-0.1, -0.05) is 12.8 Å². The molecule has 18 heavy (non-hydrogen) atoms. The topological polar surface area (TPSA) is 38.8 Å². The van der Waals surface area contributed by atoms with Gasteiger partial charge in [0.25, 0.3) is 0 Å². The molecule has 1 aliphatic heterocycles. The number of nitrogens with zero attached hydrogens (tertiary/aromatic N) is 1. The summed E-state index contributed by atoms with van der Waals surface area (Å²) in [4.78, 5) is 13.7. The highest BCUT2D eigenvalue weighted by molar-refractivity contribution is 5.68. The van der Waals surface area contributed by atoms with Crippen LogP contribution in [0.25, 0.3) is 0 Å². The highest BCUT2D eigenvalue weighted by Crippen LogP contribution is 2.42. The summed E-state index contributed by atoms with van der Waals surface area (Å²) < 4.78 is 11.4. The quantitative estimate of drug-likeness (QED) is 0.723. The Bertz CT molecular complexity index is 315. The molecule has 2 aliphatic rings. The van der Waals surface area contributed by atoms with Crippen LogP contribution in [0.15, 0.2) is 0 Å². The van der Waals surface area contributed by atoms with Gasteiger partial charge in [0.1, 0.15) is 5.60 Å². The van der Waals surface area contributed by atoms with Crippen LogP contribution in [-0.4, -0.2) is 41.9 Å². The number of rotatable bonds is 1. The Labute approximate surface area is 110 Å². The third-order valence-corrected chi connectivity index (χ3v) is 3.93. The average molecular weight is 255 g/mol. The van der Waals surface area contributed by atoms with Crippen molar-refractivity contribution in [3.8, 4) is 0 Å². The summed E-state index contributed by atoms with van der Waals surface area (Å²) in [6.45, 7) is 6.32. The van der Waals surface area contributed by atoms with Gasteiger partial charge in [0.2, 0.25) is 0 Å². The molecule has 0 aromatic carbocycles. The minimum Gasteiger partial charge on any atom is -0.444 e. The van der Waals surface area contributed by atoms with E-state index < -0.39 is 5.60 Å². The predicted octanol–water partition coefficient (Wildman–Crippen LogP) is 2.96. The maximum Gasteiger partial charge on any atom is 0.410 e. The molecular formula is C14H25NO3. The monoisotopic (exact) mass is 255 g/mol. The van der Waals surface area contributed by atoms with Crippen LogP contribution in [0.2, 0.25) is 0 Å².